The highest BCUT2D eigenvalue weighted by atomic mass is 32.2. The van der Waals surface area contributed by atoms with E-state index in [-0.39, 0.29) is 10.6 Å². The van der Waals surface area contributed by atoms with Gasteiger partial charge in [-0.05, 0) is 51.2 Å². The van der Waals surface area contributed by atoms with Gasteiger partial charge in [0.2, 0.25) is 0 Å². The predicted octanol–water partition coefficient (Wildman–Crippen LogP) is 2.41. The first-order chi connectivity index (χ1) is 11.6. The van der Waals surface area contributed by atoms with E-state index in [9.17, 15) is 8.42 Å². The number of likely N-dealkylation sites (tertiary alicyclic amines) is 1. The summed E-state index contributed by atoms with van der Waals surface area (Å²) in [6, 6.07) is 4.75. The maximum Gasteiger partial charge on any atom is 0.255 e. The van der Waals surface area contributed by atoms with Gasteiger partial charge in [0.05, 0.1) is 5.84 Å². The first kappa shape index (κ1) is 19.7. The van der Waals surface area contributed by atoms with Crippen LogP contribution in [0.3, 0.4) is 0 Å². The minimum absolute atomic E-state index is 0.0521. The fourth-order valence-corrected chi connectivity index (χ4v) is 4.02. The molecule has 1 aliphatic heterocycles. The minimum Gasteiger partial charge on any atom is -0.370 e. The quantitative estimate of drug-likeness (QED) is 0.389. The lowest BCUT2D eigenvalue weighted by Gasteiger charge is -2.33. The van der Waals surface area contributed by atoms with Crippen molar-refractivity contribution >= 4 is 21.7 Å². The number of nitrogens with one attached hydrogen (secondary N) is 2. The lowest BCUT2D eigenvalue weighted by molar-refractivity contribution is 0.276. The minimum atomic E-state index is -3.78. The van der Waals surface area contributed by atoms with E-state index in [1.807, 2.05) is 6.92 Å². The molecule has 7 nitrogen and oxygen atoms in total. The summed E-state index contributed by atoms with van der Waals surface area (Å²) < 4.78 is 22.7. The van der Waals surface area contributed by atoms with Crippen LogP contribution in [-0.2, 0) is 10.0 Å². The zero-order valence-corrected chi connectivity index (χ0v) is 16.1. The molecule has 1 fully saturated rings. The van der Waals surface area contributed by atoms with E-state index in [0.29, 0.717) is 11.7 Å². The number of pyridine rings is 1. The molecule has 1 aromatic rings. The van der Waals surface area contributed by atoms with E-state index in [4.69, 9.17) is 10.5 Å². The van der Waals surface area contributed by atoms with E-state index >= 15 is 0 Å². The average molecular weight is 368 g/mol. The second kappa shape index (κ2) is 7.70. The molecular formula is C17H29N5O2S. The predicted molar refractivity (Wildman–Crippen MR) is 100 cm³/mol. The lowest BCUT2D eigenvalue weighted by atomic mass is 9.93. The third kappa shape index (κ3) is 5.15. The molecule has 1 unspecified atom stereocenters. The van der Waals surface area contributed by atoms with Gasteiger partial charge in [0.15, 0.2) is 5.03 Å². The van der Waals surface area contributed by atoms with Gasteiger partial charge >= 0.3 is 0 Å². The molecule has 1 atom stereocenters. The molecule has 0 radical (unpaired) electrons. The van der Waals surface area contributed by atoms with Crippen molar-refractivity contribution in [1.82, 2.24) is 9.88 Å². The van der Waals surface area contributed by atoms with Crippen LogP contribution in [0.15, 0.2) is 23.2 Å². The van der Waals surface area contributed by atoms with Gasteiger partial charge in [-0.2, -0.15) is 0 Å². The van der Waals surface area contributed by atoms with Crippen molar-refractivity contribution in [3.05, 3.63) is 18.2 Å². The smallest absolute Gasteiger partial charge is 0.255 e. The van der Waals surface area contributed by atoms with Gasteiger partial charge in [0, 0.05) is 25.0 Å². The number of hydrogen-bond donors (Lipinski definition) is 3. The van der Waals surface area contributed by atoms with Crippen LogP contribution >= 0.6 is 0 Å². The summed E-state index contributed by atoms with van der Waals surface area (Å²) in [5.41, 5.74) is 0.0521. The number of amidine groups is 1. The number of sulfonamides is 1. The molecule has 4 N–H and O–H groups in total. The van der Waals surface area contributed by atoms with Crippen LogP contribution in [0, 0.1) is 11.3 Å². The van der Waals surface area contributed by atoms with Crippen molar-refractivity contribution in [1.29, 1.82) is 5.41 Å². The highest BCUT2D eigenvalue weighted by Crippen LogP contribution is 2.35. The van der Waals surface area contributed by atoms with Gasteiger partial charge in [0.25, 0.3) is 10.0 Å². The van der Waals surface area contributed by atoms with Crippen molar-refractivity contribution in [3.8, 4) is 0 Å². The molecule has 0 aliphatic carbocycles. The summed E-state index contributed by atoms with van der Waals surface area (Å²) in [6.07, 6.45) is 3.90. The highest BCUT2D eigenvalue weighted by molar-refractivity contribution is 7.89. The number of aromatic nitrogens is 1. The van der Waals surface area contributed by atoms with Gasteiger partial charge < -0.3 is 10.2 Å². The number of rotatable bonds is 7. The summed E-state index contributed by atoms with van der Waals surface area (Å²) in [5, 5.41) is 16.3. The summed E-state index contributed by atoms with van der Waals surface area (Å²) in [5.74, 6) is 1.81. The van der Waals surface area contributed by atoms with Crippen LogP contribution in [0.2, 0.25) is 0 Å². The van der Waals surface area contributed by atoms with Gasteiger partial charge in [0.1, 0.15) is 5.82 Å². The Morgan fingerprint density at radius 2 is 2.20 bits per heavy atom. The molecule has 25 heavy (non-hydrogen) atoms. The fraction of sp³-hybridized carbons (Fsp3) is 0.647. The molecule has 1 aromatic heterocycles. The van der Waals surface area contributed by atoms with Crippen molar-refractivity contribution in [2.45, 2.75) is 57.0 Å². The molecule has 0 spiro atoms. The maximum absolute atomic E-state index is 11.3. The topological polar surface area (TPSA) is 112 Å². The van der Waals surface area contributed by atoms with E-state index in [1.165, 1.54) is 6.07 Å². The van der Waals surface area contributed by atoms with Crippen molar-refractivity contribution in [2.24, 2.45) is 11.1 Å². The normalized spacial score (nSPS) is 19.8. The number of anilines is 1. The monoisotopic (exact) mass is 367 g/mol. The third-order valence-electron chi connectivity index (χ3n) is 4.73. The molecule has 0 aromatic carbocycles. The molecule has 8 heteroatoms. The highest BCUT2D eigenvalue weighted by Gasteiger charge is 2.38. The summed E-state index contributed by atoms with van der Waals surface area (Å²) in [6.45, 7) is 8.11. The molecule has 0 bridgehead atoms. The third-order valence-corrected chi connectivity index (χ3v) is 5.54. The Morgan fingerprint density at radius 1 is 1.48 bits per heavy atom. The van der Waals surface area contributed by atoms with Gasteiger partial charge in [-0.3, -0.25) is 5.41 Å². The molecule has 1 saturated heterocycles. The largest absolute Gasteiger partial charge is 0.370 e. The van der Waals surface area contributed by atoms with Crippen LogP contribution in [0.1, 0.15) is 46.5 Å². The van der Waals surface area contributed by atoms with Crippen LogP contribution in [0.5, 0.6) is 0 Å². The molecule has 0 saturated carbocycles. The summed E-state index contributed by atoms with van der Waals surface area (Å²) >= 11 is 0. The second-order valence-electron chi connectivity index (χ2n) is 7.27. The molecule has 140 valence electrons. The van der Waals surface area contributed by atoms with Crippen LogP contribution < -0.4 is 10.5 Å². The van der Waals surface area contributed by atoms with Crippen LogP contribution in [0.25, 0.3) is 0 Å². The van der Waals surface area contributed by atoms with E-state index < -0.39 is 10.0 Å². The fourth-order valence-electron chi connectivity index (χ4n) is 3.53. The zero-order valence-electron chi connectivity index (χ0n) is 15.2. The second-order valence-corrected chi connectivity index (χ2v) is 8.78. The van der Waals surface area contributed by atoms with Gasteiger partial charge in [-0.15, -0.1) is 0 Å². The van der Waals surface area contributed by atoms with E-state index in [1.54, 1.807) is 12.1 Å². The Bertz CT molecular complexity index is 718. The number of nitrogens with two attached hydrogens (primary N) is 1. The van der Waals surface area contributed by atoms with E-state index in [0.717, 1.165) is 44.6 Å². The lowest BCUT2D eigenvalue weighted by Crippen LogP contribution is -2.41. The molecule has 1 aliphatic rings. The molecular weight excluding hydrogens is 338 g/mol. The van der Waals surface area contributed by atoms with E-state index in [2.05, 4.69) is 29.0 Å². The summed E-state index contributed by atoms with van der Waals surface area (Å²) in [7, 11) is -3.78. The Labute approximate surface area is 150 Å². The average Bonchev–Trinajstić information content (AvgIpc) is 2.85. The van der Waals surface area contributed by atoms with Crippen molar-refractivity contribution in [3.63, 3.8) is 0 Å². The van der Waals surface area contributed by atoms with Crippen LogP contribution in [-0.4, -0.2) is 42.8 Å². The van der Waals surface area contributed by atoms with Gasteiger partial charge in [-0.25, -0.2) is 18.5 Å². The Morgan fingerprint density at radius 3 is 2.84 bits per heavy atom. The number of primary sulfonamides is 1. The molecule has 0 amide bonds. The van der Waals surface area contributed by atoms with Gasteiger partial charge in [-0.1, -0.05) is 13.0 Å². The van der Waals surface area contributed by atoms with Crippen molar-refractivity contribution in [2.75, 3.05) is 18.4 Å². The number of hydrogen-bond acceptors (Lipinski definition) is 5. The summed E-state index contributed by atoms with van der Waals surface area (Å²) in [4.78, 5) is 6.25. The first-order valence-corrected chi connectivity index (χ1v) is 10.3. The maximum atomic E-state index is 11.3. The van der Waals surface area contributed by atoms with Crippen molar-refractivity contribution < 1.29 is 8.42 Å². The SMILES string of the molecule is CCC(=N)N1CC(CCCNc2cccc(S(N)(=O)=O)n2)CC1(C)C. The standard InChI is InChI=1S/C17H29N5O2S/c1-4-14(18)22-12-13(11-17(22,2)3)7-6-10-20-15-8-5-9-16(21-15)25(19,23)24/h5,8-9,13,18H,4,6-7,10-12H2,1-3H3,(H,20,21)(H2,19,23,24). The Balaban J connectivity index is 1.82. The Kier molecular flexibility index (Phi) is 6.05. The Hall–Kier alpha value is -1.67. The van der Waals surface area contributed by atoms with Crippen LogP contribution in [0.4, 0.5) is 5.82 Å². The number of nitrogens with zero attached hydrogens (tertiary/aromatic N) is 2. The first-order valence-electron chi connectivity index (χ1n) is 8.72. The molecule has 2 rings (SSSR count). The molecule has 2 heterocycles. The zero-order chi connectivity index (χ0) is 18.7.